The van der Waals surface area contributed by atoms with E-state index < -0.39 is 5.97 Å². The molecule has 1 aliphatic heterocycles. The topological polar surface area (TPSA) is 66.3 Å². The van der Waals surface area contributed by atoms with Gasteiger partial charge in [-0.3, -0.25) is 0 Å². The Hall–Kier alpha value is -1.65. The van der Waals surface area contributed by atoms with Crippen LogP contribution in [0.5, 0.6) is 0 Å². The molecule has 0 radical (unpaired) electrons. The number of nitrogens with zero attached hydrogens (tertiary/aromatic N) is 3. The smallest absolute Gasteiger partial charge is 0.356 e. The van der Waals surface area contributed by atoms with E-state index in [1.807, 2.05) is 0 Å². The predicted octanol–water partition coefficient (Wildman–Crippen LogP) is 1.94. The van der Waals surface area contributed by atoms with E-state index in [1.54, 1.807) is 6.07 Å². The lowest BCUT2D eigenvalue weighted by Gasteiger charge is -2.27. The minimum Gasteiger partial charge on any atom is -0.476 e. The van der Waals surface area contributed by atoms with Crippen LogP contribution < -0.4 is 4.90 Å². The number of carboxylic acids is 1. The maximum atomic E-state index is 10.7. The van der Waals surface area contributed by atoms with Crippen LogP contribution in [-0.4, -0.2) is 33.9 Å². The van der Waals surface area contributed by atoms with E-state index in [0.29, 0.717) is 6.04 Å². The van der Waals surface area contributed by atoms with Gasteiger partial charge in [-0.25, -0.2) is 4.79 Å². The third-order valence-corrected chi connectivity index (χ3v) is 3.22. The number of carbonyl (C=O) groups is 1. The van der Waals surface area contributed by atoms with Gasteiger partial charge >= 0.3 is 5.97 Å². The van der Waals surface area contributed by atoms with Crippen LogP contribution in [0, 0.1) is 0 Å². The molecule has 0 spiro atoms. The van der Waals surface area contributed by atoms with Crippen LogP contribution in [0.25, 0.3) is 0 Å². The summed E-state index contributed by atoms with van der Waals surface area (Å²) in [6.45, 7) is 3.15. The van der Waals surface area contributed by atoms with Crippen molar-refractivity contribution in [3.8, 4) is 0 Å². The van der Waals surface area contributed by atoms with Crippen LogP contribution in [0.3, 0.4) is 0 Å². The van der Waals surface area contributed by atoms with Crippen LogP contribution in [0.15, 0.2) is 12.1 Å². The monoisotopic (exact) mass is 235 g/mol. The molecule has 92 valence electrons. The first kappa shape index (κ1) is 11.8. The van der Waals surface area contributed by atoms with Crippen LogP contribution >= 0.6 is 0 Å². The van der Waals surface area contributed by atoms with Gasteiger partial charge in [-0.2, -0.15) is 0 Å². The molecule has 0 aromatic carbocycles. The third-order valence-electron chi connectivity index (χ3n) is 3.22. The second-order valence-electron chi connectivity index (χ2n) is 4.47. The summed E-state index contributed by atoms with van der Waals surface area (Å²) in [5.74, 6) is -0.252. The number of anilines is 1. The number of carboxylic acid groups (broad SMARTS) is 1. The van der Waals surface area contributed by atoms with E-state index >= 15 is 0 Å². The molecule has 5 nitrogen and oxygen atoms in total. The van der Waals surface area contributed by atoms with Gasteiger partial charge in [0.25, 0.3) is 0 Å². The first-order valence-corrected chi connectivity index (χ1v) is 6.02. The van der Waals surface area contributed by atoms with Crippen LogP contribution in [0.4, 0.5) is 5.82 Å². The Balaban J connectivity index is 2.17. The average molecular weight is 235 g/mol. The van der Waals surface area contributed by atoms with Crippen molar-refractivity contribution in [3.63, 3.8) is 0 Å². The maximum Gasteiger partial charge on any atom is 0.356 e. The van der Waals surface area contributed by atoms with Gasteiger partial charge in [-0.15, -0.1) is 10.2 Å². The molecular formula is C12H17N3O2. The van der Waals surface area contributed by atoms with Gasteiger partial charge in [0, 0.05) is 12.6 Å². The predicted molar refractivity (Wildman–Crippen MR) is 64.3 cm³/mol. The summed E-state index contributed by atoms with van der Waals surface area (Å²) in [6.07, 6.45) is 4.81. The van der Waals surface area contributed by atoms with Gasteiger partial charge in [0.1, 0.15) is 0 Å². The fraction of sp³-hybridized carbons (Fsp3) is 0.583. The fourth-order valence-electron chi connectivity index (χ4n) is 2.21. The highest BCUT2D eigenvalue weighted by Crippen LogP contribution is 2.21. The summed E-state index contributed by atoms with van der Waals surface area (Å²) >= 11 is 0. The largest absolute Gasteiger partial charge is 0.476 e. The van der Waals surface area contributed by atoms with E-state index in [-0.39, 0.29) is 5.69 Å². The van der Waals surface area contributed by atoms with Crippen molar-refractivity contribution >= 4 is 11.8 Å². The molecule has 1 N–H and O–H groups in total. The molecule has 1 saturated heterocycles. The van der Waals surface area contributed by atoms with E-state index in [9.17, 15) is 4.79 Å². The molecule has 1 aromatic rings. The zero-order chi connectivity index (χ0) is 12.3. The minimum atomic E-state index is -1.03. The van der Waals surface area contributed by atoms with Gasteiger partial charge in [0.15, 0.2) is 11.5 Å². The van der Waals surface area contributed by atoms with Gasteiger partial charge in [0.05, 0.1) is 0 Å². The highest BCUT2D eigenvalue weighted by molar-refractivity contribution is 5.85. The number of hydrogen-bond donors (Lipinski definition) is 1. The Morgan fingerprint density at radius 2 is 2.18 bits per heavy atom. The summed E-state index contributed by atoms with van der Waals surface area (Å²) in [6, 6.07) is 3.71. The zero-order valence-corrected chi connectivity index (χ0v) is 9.96. The summed E-state index contributed by atoms with van der Waals surface area (Å²) < 4.78 is 0. The molecule has 1 unspecified atom stereocenters. The molecule has 2 rings (SSSR count). The Labute approximate surface area is 100 Å². The molecular weight excluding hydrogens is 218 g/mol. The number of hydrogen-bond acceptors (Lipinski definition) is 4. The quantitative estimate of drug-likeness (QED) is 0.848. The maximum absolute atomic E-state index is 10.7. The highest BCUT2D eigenvalue weighted by Gasteiger charge is 2.19. The lowest BCUT2D eigenvalue weighted by Crippen LogP contribution is -2.33. The van der Waals surface area contributed by atoms with Crippen molar-refractivity contribution in [3.05, 3.63) is 17.8 Å². The second-order valence-corrected chi connectivity index (χ2v) is 4.47. The molecule has 0 saturated carbocycles. The standard InChI is InChI=1S/C12H17N3O2/c1-9-5-3-2-4-8-15(9)11-7-6-10(12(16)17)13-14-11/h6-7,9H,2-5,8H2,1H3,(H,16,17). The lowest BCUT2D eigenvalue weighted by atomic mass is 10.1. The van der Waals surface area contributed by atoms with Crippen molar-refractivity contribution in [2.75, 3.05) is 11.4 Å². The summed E-state index contributed by atoms with van der Waals surface area (Å²) in [5.41, 5.74) is -0.00350. The fourth-order valence-corrected chi connectivity index (χ4v) is 2.21. The van der Waals surface area contributed by atoms with E-state index in [0.717, 1.165) is 25.2 Å². The van der Waals surface area contributed by atoms with Crippen molar-refractivity contribution in [1.29, 1.82) is 0 Å². The first-order chi connectivity index (χ1) is 8.18. The van der Waals surface area contributed by atoms with Crippen molar-refractivity contribution < 1.29 is 9.90 Å². The van der Waals surface area contributed by atoms with Crippen LogP contribution in [0.1, 0.15) is 43.1 Å². The van der Waals surface area contributed by atoms with Gasteiger partial charge in [0.2, 0.25) is 0 Å². The Kier molecular flexibility index (Phi) is 3.56. The zero-order valence-electron chi connectivity index (χ0n) is 9.96. The van der Waals surface area contributed by atoms with Crippen molar-refractivity contribution in [1.82, 2.24) is 10.2 Å². The second kappa shape index (κ2) is 5.12. The Morgan fingerprint density at radius 3 is 2.82 bits per heavy atom. The first-order valence-electron chi connectivity index (χ1n) is 6.02. The van der Waals surface area contributed by atoms with Gasteiger partial charge in [-0.1, -0.05) is 12.8 Å². The van der Waals surface area contributed by atoms with Gasteiger partial charge in [-0.05, 0) is 31.9 Å². The van der Waals surface area contributed by atoms with Crippen LogP contribution in [-0.2, 0) is 0 Å². The Bertz CT molecular complexity index is 391. The molecule has 0 amide bonds. The molecule has 1 aliphatic rings. The molecule has 1 atom stereocenters. The average Bonchev–Trinajstić information content (AvgIpc) is 2.54. The summed E-state index contributed by atoms with van der Waals surface area (Å²) in [5, 5.41) is 16.5. The number of aromatic nitrogens is 2. The van der Waals surface area contributed by atoms with Crippen LogP contribution in [0.2, 0.25) is 0 Å². The molecule has 17 heavy (non-hydrogen) atoms. The minimum absolute atomic E-state index is 0.00350. The molecule has 1 aromatic heterocycles. The lowest BCUT2D eigenvalue weighted by molar-refractivity contribution is 0.0689. The third kappa shape index (κ3) is 2.72. The van der Waals surface area contributed by atoms with Crippen molar-refractivity contribution in [2.24, 2.45) is 0 Å². The molecule has 5 heteroatoms. The van der Waals surface area contributed by atoms with E-state index in [4.69, 9.17) is 5.11 Å². The summed E-state index contributed by atoms with van der Waals surface area (Å²) in [7, 11) is 0. The van der Waals surface area contributed by atoms with Gasteiger partial charge < -0.3 is 10.0 Å². The molecule has 2 heterocycles. The summed E-state index contributed by atoms with van der Waals surface area (Å²) in [4.78, 5) is 12.9. The van der Waals surface area contributed by atoms with Crippen molar-refractivity contribution in [2.45, 2.75) is 38.6 Å². The SMILES string of the molecule is CC1CCCCCN1c1ccc(C(=O)O)nn1. The highest BCUT2D eigenvalue weighted by atomic mass is 16.4. The number of rotatable bonds is 2. The van der Waals surface area contributed by atoms with E-state index in [2.05, 4.69) is 22.0 Å². The molecule has 0 bridgehead atoms. The number of aromatic carboxylic acids is 1. The molecule has 0 aliphatic carbocycles. The Morgan fingerprint density at radius 1 is 1.35 bits per heavy atom. The normalized spacial score (nSPS) is 21.0. The molecule has 1 fully saturated rings. The van der Waals surface area contributed by atoms with E-state index in [1.165, 1.54) is 18.9 Å².